The van der Waals surface area contributed by atoms with E-state index >= 15 is 0 Å². The van der Waals surface area contributed by atoms with E-state index in [1.165, 1.54) is 6.42 Å². The van der Waals surface area contributed by atoms with Crippen LogP contribution in [0.25, 0.3) is 0 Å². The first-order chi connectivity index (χ1) is 5.74. The van der Waals surface area contributed by atoms with Crippen molar-refractivity contribution in [3.05, 3.63) is 0 Å². The van der Waals surface area contributed by atoms with Crippen molar-refractivity contribution < 1.29 is 5.11 Å². The van der Waals surface area contributed by atoms with Crippen molar-refractivity contribution in [2.24, 2.45) is 5.73 Å². The molecule has 0 aromatic carbocycles. The smallest absolute Gasteiger partial charge is 0.0583 e. The molecule has 0 aromatic heterocycles. The van der Waals surface area contributed by atoms with Crippen LogP contribution in [0.4, 0.5) is 0 Å². The first kappa shape index (κ1) is 11.9. The summed E-state index contributed by atoms with van der Waals surface area (Å²) in [6, 6.07) is -0.0455. The van der Waals surface area contributed by atoms with E-state index in [2.05, 4.69) is 18.7 Å². The van der Waals surface area contributed by atoms with E-state index in [0.29, 0.717) is 0 Å². The minimum Gasteiger partial charge on any atom is -0.395 e. The molecule has 0 radical (unpaired) electrons. The van der Waals surface area contributed by atoms with Crippen LogP contribution in [-0.4, -0.2) is 42.3 Å². The summed E-state index contributed by atoms with van der Waals surface area (Å²) in [4.78, 5) is 2.36. The maximum atomic E-state index is 8.71. The molecule has 0 heterocycles. The van der Waals surface area contributed by atoms with Crippen LogP contribution >= 0.6 is 0 Å². The molecule has 1 atom stereocenters. The Morgan fingerprint density at radius 3 is 2.42 bits per heavy atom. The van der Waals surface area contributed by atoms with Crippen molar-refractivity contribution in [3.8, 4) is 0 Å². The first-order valence-electron chi connectivity index (χ1n) is 4.83. The average molecular weight is 174 g/mol. The number of hydrogen-bond donors (Lipinski definition) is 2. The number of aliphatic hydroxyl groups is 1. The minimum atomic E-state index is -0.0455. The van der Waals surface area contributed by atoms with Crippen LogP contribution in [0.3, 0.4) is 0 Å². The van der Waals surface area contributed by atoms with E-state index in [0.717, 1.165) is 26.1 Å². The van der Waals surface area contributed by atoms with E-state index in [-0.39, 0.29) is 12.6 Å². The van der Waals surface area contributed by atoms with Gasteiger partial charge in [0.1, 0.15) is 0 Å². The zero-order valence-electron chi connectivity index (χ0n) is 8.29. The minimum absolute atomic E-state index is 0.0455. The van der Waals surface area contributed by atoms with E-state index in [4.69, 9.17) is 10.8 Å². The van der Waals surface area contributed by atoms with Crippen LogP contribution in [0.5, 0.6) is 0 Å². The van der Waals surface area contributed by atoms with Crippen LogP contribution < -0.4 is 5.73 Å². The fourth-order valence-electron chi connectivity index (χ4n) is 1.18. The largest absolute Gasteiger partial charge is 0.395 e. The van der Waals surface area contributed by atoms with Crippen LogP contribution in [0.15, 0.2) is 0 Å². The van der Waals surface area contributed by atoms with Crippen molar-refractivity contribution in [1.29, 1.82) is 0 Å². The summed E-state index contributed by atoms with van der Waals surface area (Å²) in [5, 5.41) is 8.71. The maximum Gasteiger partial charge on any atom is 0.0583 e. The van der Waals surface area contributed by atoms with Crippen molar-refractivity contribution in [1.82, 2.24) is 4.90 Å². The summed E-state index contributed by atoms with van der Waals surface area (Å²) in [5.74, 6) is 0. The summed E-state index contributed by atoms with van der Waals surface area (Å²) >= 11 is 0. The number of rotatable bonds is 7. The fraction of sp³-hybridized carbons (Fsp3) is 1.00. The van der Waals surface area contributed by atoms with Gasteiger partial charge in [0.25, 0.3) is 0 Å². The van der Waals surface area contributed by atoms with Gasteiger partial charge in [0, 0.05) is 6.04 Å². The molecule has 3 heteroatoms. The van der Waals surface area contributed by atoms with E-state index in [1.807, 2.05) is 0 Å². The molecule has 1 unspecified atom stereocenters. The second-order valence-electron chi connectivity index (χ2n) is 3.17. The molecule has 3 nitrogen and oxygen atoms in total. The van der Waals surface area contributed by atoms with Crippen molar-refractivity contribution in [2.45, 2.75) is 32.7 Å². The van der Waals surface area contributed by atoms with Gasteiger partial charge < -0.3 is 15.7 Å². The highest BCUT2D eigenvalue weighted by Crippen LogP contribution is 1.95. The molecule has 0 rings (SSSR count). The Kier molecular flexibility index (Phi) is 7.45. The van der Waals surface area contributed by atoms with E-state index in [9.17, 15) is 0 Å². The molecule has 0 amide bonds. The Morgan fingerprint density at radius 1 is 1.33 bits per heavy atom. The highest BCUT2D eigenvalue weighted by molar-refractivity contribution is 4.63. The molecule has 0 aliphatic carbocycles. The van der Waals surface area contributed by atoms with Crippen molar-refractivity contribution in [2.75, 3.05) is 26.2 Å². The van der Waals surface area contributed by atoms with Crippen LogP contribution in [0.1, 0.15) is 26.7 Å². The Morgan fingerprint density at radius 2 is 2.00 bits per heavy atom. The number of nitrogens with zero attached hydrogens (tertiary/aromatic N) is 1. The molecule has 0 fully saturated rings. The lowest BCUT2D eigenvalue weighted by molar-refractivity contribution is 0.228. The molecule has 0 saturated carbocycles. The Bertz CT molecular complexity index is 98.5. The second-order valence-corrected chi connectivity index (χ2v) is 3.17. The molecule has 0 aliphatic heterocycles. The lowest BCUT2D eigenvalue weighted by Gasteiger charge is -2.20. The molecular formula is C9H22N2O. The Hall–Kier alpha value is -0.120. The topological polar surface area (TPSA) is 49.5 Å². The van der Waals surface area contributed by atoms with Crippen molar-refractivity contribution in [3.63, 3.8) is 0 Å². The monoisotopic (exact) mass is 174 g/mol. The van der Waals surface area contributed by atoms with Crippen LogP contribution in [0.2, 0.25) is 0 Å². The van der Waals surface area contributed by atoms with Crippen LogP contribution in [0, 0.1) is 0 Å². The molecule has 12 heavy (non-hydrogen) atoms. The van der Waals surface area contributed by atoms with Gasteiger partial charge in [-0.05, 0) is 32.5 Å². The maximum absolute atomic E-state index is 8.71. The number of nitrogens with two attached hydrogens (primary N) is 1. The SMILES string of the molecule is CCCN(CC)CCC(N)CO. The van der Waals surface area contributed by atoms with Gasteiger partial charge in [0.2, 0.25) is 0 Å². The quantitative estimate of drug-likeness (QED) is 0.588. The van der Waals surface area contributed by atoms with Gasteiger partial charge in [-0.25, -0.2) is 0 Å². The third-order valence-electron chi connectivity index (χ3n) is 2.04. The highest BCUT2D eigenvalue weighted by Gasteiger charge is 2.04. The molecular weight excluding hydrogens is 152 g/mol. The van der Waals surface area contributed by atoms with Crippen molar-refractivity contribution >= 4 is 0 Å². The third kappa shape index (κ3) is 5.52. The van der Waals surface area contributed by atoms with Gasteiger partial charge in [-0.15, -0.1) is 0 Å². The fourth-order valence-corrected chi connectivity index (χ4v) is 1.18. The molecule has 0 bridgehead atoms. The predicted molar refractivity (Wildman–Crippen MR) is 52.1 cm³/mol. The molecule has 0 spiro atoms. The van der Waals surface area contributed by atoms with E-state index < -0.39 is 0 Å². The average Bonchev–Trinajstić information content (AvgIpc) is 2.11. The normalized spacial score (nSPS) is 13.8. The zero-order chi connectivity index (χ0) is 9.40. The summed E-state index contributed by atoms with van der Waals surface area (Å²) in [6.45, 7) is 7.64. The summed E-state index contributed by atoms with van der Waals surface area (Å²) in [7, 11) is 0. The molecule has 74 valence electrons. The van der Waals surface area contributed by atoms with Crippen LogP contribution in [-0.2, 0) is 0 Å². The Balaban J connectivity index is 3.43. The molecule has 3 N–H and O–H groups in total. The zero-order valence-corrected chi connectivity index (χ0v) is 8.29. The van der Waals surface area contributed by atoms with Gasteiger partial charge in [-0.1, -0.05) is 13.8 Å². The molecule has 0 aromatic rings. The second kappa shape index (κ2) is 7.53. The number of hydrogen-bond acceptors (Lipinski definition) is 3. The highest BCUT2D eigenvalue weighted by atomic mass is 16.3. The van der Waals surface area contributed by atoms with Gasteiger partial charge >= 0.3 is 0 Å². The van der Waals surface area contributed by atoms with Gasteiger partial charge in [-0.3, -0.25) is 0 Å². The third-order valence-corrected chi connectivity index (χ3v) is 2.04. The standard InChI is InChI=1S/C9H22N2O/c1-3-6-11(4-2)7-5-9(10)8-12/h9,12H,3-8,10H2,1-2H3. The van der Waals surface area contributed by atoms with Gasteiger partial charge in [-0.2, -0.15) is 0 Å². The summed E-state index contributed by atoms with van der Waals surface area (Å²) < 4.78 is 0. The Labute approximate surface area is 75.6 Å². The lowest BCUT2D eigenvalue weighted by Crippen LogP contribution is -2.32. The summed E-state index contributed by atoms with van der Waals surface area (Å²) in [5.41, 5.74) is 5.60. The molecule has 0 saturated heterocycles. The number of aliphatic hydroxyl groups excluding tert-OH is 1. The lowest BCUT2D eigenvalue weighted by atomic mass is 10.2. The predicted octanol–water partition coefficient (Wildman–Crippen LogP) is 0.428. The van der Waals surface area contributed by atoms with Gasteiger partial charge in [0.05, 0.1) is 6.61 Å². The van der Waals surface area contributed by atoms with E-state index in [1.54, 1.807) is 0 Å². The molecule has 0 aliphatic rings. The first-order valence-corrected chi connectivity index (χ1v) is 4.83. The summed E-state index contributed by atoms with van der Waals surface area (Å²) in [6.07, 6.45) is 2.08. The van der Waals surface area contributed by atoms with Gasteiger partial charge in [0.15, 0.2) is 0 Å².